The lowest BCUT2D eigenvalue weighted by Gasteiger charge is -2.32. The maximum Gasteiger partial charge on any atom is 0.352 e. The Hall–Kier alpha value is -3.08. The van der Waals surface area contributed by atoms with Crippen LogP contribution < -0.4 is 16.0 Å². The van der Waals surface area contributed by atoms with Crippen molar-refractivity contribution < 1.29 is 9.90 Å². The normalized spacial score (nSPS) is 20.0. The largest absolute Gasteiger partial charge is 0.477 e. The van der Waals surface area contributed by atoms with Gasteiger partial charge in [-0.1, -0.05) is 70.8 Å². The third-order valence-corrected chi connectivity index (χ3v) is 9.53. The third kappa shape index (κ3) is 9.47. The van der Waals surface area contributed by atoms with Gasteiger partial charge in [0.1, 0.15) is 17.2 Å². The van der Waals surface area contributed by atoms with E-state index in [9.17, 15) is 9.90 Å². The number of unbranched alkanes of at least 4 members (excludes halogenated alkanes) is 7. The Morgan fingerprint density at radius 2 is 1.67 bits per heavy atom. The van der Waals surface area contributed by atoms with Crippen molar-refractivity contribution in [2.45, 2.75) is 121 Å². The number of nitrogens with one attached hydrogen (secondary N) is 3. The van der Waals surface area contributed by atoms with Crippen molar-refractivity contribution in [3.8, 4) is 0 Å². The average Bonchev–Trinajstić information content (AvgIpc) is 3.78. The van der Waals surface area contributed by atoms with Gasteiger partial charge in [0, 0.05) is 55.5 Å². The minimum Gasteiger partial charge on any atom is -0.477 e. The molecular weight excluding hydrogens is 564 g/mol. The Balaban J connectivity index is 0.000000286. The number of nitrogens with zero attached hydrogens (tertiary/aromatic N) is 5. The molecule has 10 nitrogen and oxygen atoms in total. The van der Waals surface area contributed by atoms with Gasteiger partial charge in [-0.3, -0.25) is 4.90 Å². The van der Waals surface area contributed by atoms with Gasteiger partial charge >= 0.3 is 5.97 Å². The summed E-state index contributed by atoms with van der Waals surface area (Å²) in [5.74, 6) is 0.177. The van der Waals surface area contributed by atoms with Gasteiger partial charge in [0.15, 0.2) is 0 Å². The van der Waals surface area contributed by atoms with Gasteiger partial charge in [-0.25, -0.2) is 14.8 Å². The number of hydrogen-bond acceptors (Lipinski definition) is 8. The smallest absolute Gasteiger partial charge is 0.352 e. The summed E-state index contributed by atoms with van der Waals surface area (Å²) in [6.45, 7) is 6.58. The number of anilines is 2. The first-order chi connectivity index (χ1) is 22.0. The molecule has 2 unspecified atom stereocenters. The second-order valence-electron chi connectivity index (χ2n) is 13.2. The Kier molecular flexibility index (Phi) is 12.6. The molecular formula is C35H54N8O2. The molecule has 246 valence electrons. The molecule has 2 bridgehead atoms. The van der Waals surface area contributed by atoms with E-state index in [1.54, 1.807) is 12.3 Å². The standard InChI is InChI=1S/C24H29N7O2.C11H25N/c32-23(33)20-9-16-11-26-24(29-22(16)31(20)19-3-1-2-4-19)28-21-8-5-15(10-25-21)12-30-13-17-6-7-18(14-30)27-17;1-3-4-5-6-7-8-9-10-11-12-2/h5,8-11,17-19,27H,1-4,6-7,12-14H2,(H,32,33)(H,25,26,28,29);12H,3-11H2,1-2H3. The monoisotopic (exact) mass is 618 g/mol. The summed E-state index contributed by atoms with van der Waals surface area (Å²) in [4.78, 5) is 28.0. The van der Waals surface area contributed by atoms with Gasteiger partial charge in [0.25, 0.3) is 0 Å². The van der Waals surface area contributed by atoms with E-state index in [2.05, 4.69) is 48.8 Å². The number of hydrogen-bond donors (Lipinski definition) is 4. The quantitative estimate of drug-likeness (QED) is 0.139. The molecule has 1 aliphatic carbocycles. The zero-order valence-corrected chi connectivity index (χ0v) is 27.4. The predicted molar refractivity (Wildman–Crippen MR) is 181 cm³/mol. The zero-order chi connectivity index (χ0) is 31.4. The fourth-order valence-corrected chi connectivity index (χ4v) is 7.18. The van der Waals surface area contributed by atoms with E-state index < -0.39 is 5.97 Å². The lowest BCUT2D eigenvalue weighted by Crippen LogP contribution is -2.50. The molecule has 3 aliphatic rings. The van der Waals surface area contributed by atoms with Crippen LogP contribution in [0.5, 0.6) is 0 Å². The molecule has 4 N–H and O–H groups in total. The van der Waals surface area contributed by atoms with Crippen molar-refractivity contribution >= 4 is 28.8 Å². The van der Waals surface area contributed by atoms with Crippen LogP contribution >= 0.6 is 0 Å². The highest BCUT2D eigenvalue weighted by Gasteiger charge is 2.32. The fourth-order valence-electron chi connectivity index (χ4n) is 7.18. The van der Waals surface area contributed by atoms with Crippen LogP contribution in [0, 0.1) is 0 Å². The molecule has 6 rings (SSSR count). The number of likely N-dealkylation sites (tertiary alicyclic amines) is 1. The second-order valence-corrected chi connectivity index (χ2v) is 13.2. The minimum atomic E-state index is -0.927. The summed E-state index contributed by atoms with van der Waals surface area (Å²) < 4.78 is 1.88. The van der Waals surface area contributed by atoms with Crippen molar-refractivity contribution in [2.75, 3.05) is 32.0 Å². The average molecular weight is 619 g/mol. The number of fused-ring (bicyclic) bond motifs is 3. The van der Waals surface area contributed by atoms with Crippen molar-refractivity contribution in [2.24, 2.45) is 0 Å². The molecule has 2 atom stereocenters. The minimum absolute atomic E-state index is 0.175. The third-order valence-electron chi connectivity index (χ3n) is 9.53. The van der Waals surface area contributed by atoms with E-state index in [4.69, 9.17) is 0 Å². The molecule has 45 heavy (non-hydrogen) atoms. The first kappa shape index (κ1) is 33.3. The molecule has 5 heterocycles. The number of rotatable bonds is 15. The van der Waals surface area contributed by atoms with E-state index in [1.165, 1.54) is 76.3 Å². The summed E-state index contributed by atoms with van der Waals surface area (Å²) >= 11 is 0. The van der Waals surface area contributed by atoms with E-state index in [0.29, 0.717) is 29.5 Å². The summed E-state index contributed by atoms with van der Waals surface area (Å²) in [7, 11) is 2.03. The molecule has 10 heteroatoms. The first-order valence-corrected chi connectivity index (χ1v) is 17.5. The fraction of sp³-hybridized carbons (Fsp3) is 0.657. The first-order valence-electron chi connectivity index (χ1n) is 17.5. The lowest BCUT2D eigenvalue weighted by atomic mass is 10.1. The number of carboxylic acid groups (broad SMARTS) is 1. The molecule has 3 aromatic rings. The highest BCUT2D eigenvalue weighted by atomic mass is 16.4. The maximum atomic E-state index is 11.8. The van der Waals surface area contributed by atoms with Crippen molar-refractivity contribution in [1.82, 2.24) is 35.1 Å². The molecule has 1 saturated carbocycles. The van der Waals surface area contributed by atoms with Gasteiger partial charge in [-0.15, -0.1) is 0 Å². The van der Waals surface area contributed by atoms with E-state index in [0.717, 1.165) is 50.7 Å². The van der Waals surface area contributed by atoms with Crippen LogP contribution in [0.3, 0.4) is 0 Å². The number of piperazine rings is 1. The van der Waals surface area contributed by atoms with Crippen LogP contribution in [0.1, 0.15) is 119 Å². The molecule has 3 fully saturated rings. The topological polar surface area (TPSA) is 120 Å². The Labute approximate surface area is 268 Å². The van der Waals surface area contributed by atoms with Gasteiger partial charge < -0.3 is 25.6 Å². The molecule has 2 saturated heterocycles. The van der Waals surface area contributed by atoms with E-state index in [-0.39, 0.29) is 11.7 Å². The van der Waals surface area contributed by atoms with Gasteiger partial charge in [-0.2, -0.15) is 4.98 Å². The van der Waals surface area contributed by atoms with Crippen molar-refractivity contribution in [1.29, 1.82) is 0 Å². The highest BCUT2D eigenvalue weighted by molar-refractivity contribution is 5.93. The van der Waals surface area contributed by atoms with E-state index in [1.807, 2.05) is 23.9 Å². The molecule has 3 aromatic heterocycles. The predicted octanol–water partition coefficient (Wildman–Crippen LogP) is 6.67. The lowest BCUT2D eigenvalue weighted by molar-refractivity contribution is 0.0683. The molecule has 0 spiro atoms. The Morgan fingerprint density at radius 1 is 0.956 bits per heavy atom. The van der Waals surface area contributed by atoms with Crippen molar-refractivity contribution in [3.63, 3.8) is 0 Å². The van der Waals surface area contributed by atoms with Crippen LogP contribution in [0.15, 0.2) is 30.6 Å². The zero-order valence-electron chi connectivity index (χ0n) is 27.4. The highest BCUT2D eigenvalue weighted by Crippen LogP contribution is 2.34. The van der Waals surface area contributed by atoms with Crippen LogP contribution in [-0.4, -0.2) is 74.3 Å². The SMILES string of the molecule is CCCCCCCCCCNC.O=C(O)c1cc2cnc(Nc3ccc(CN4CC5CCC(C4)N5)cn3)nc2n1C1CCCC1. The van der Waals surface area contributed by atoms with Gasteiger partial charge in [0.05, 0.1) is 0 Å². The summed E-state index contributed by atoms with van der Waals surface area (Å²) in [6, 6.07) is 7.17. The second kappa shape index (κ2) is 17.0. The molecule has 0 radical (unpaired) electrons. The molecule has 0 amide bonds. The van der Waals surface area contributed by atoms with Crippen LogP contribution in [0.4, 0.5) is 11.8 Å². The Bertz CT molecular complexity index is 1320. The molecule has 2 aliphatic heterocycles. The number of carboxylic acids is 1. The number of pyridine rings is 1. The van der Waals surface area contributed by atoms with Crippen LogP contribution in [-0.2, 0) is 6.54 Å². The van der Waals surface area contributed by atoms with E-state index >= 15 is 0 Å². The number of carbonyl (C=O) groups is 1. The maximum absolute atomic E-state index is 11.8. The van der Waals surface area contributed by atoms with Gasteiger partial charge in [0.2, 0.25) is 5.95 Å². The van der Waals surface area contributed by atoms with Crippen LogP contribution in [0.2, 0.25) is 0 Å². The number of aromatic nitrogens is 4. The van der Waals surface area contributed by atoms with Crippen LogP contribution in [0.25, 0.3) is 11.0 Å². The summed E-state index contributed by atoms with van der Waals surface area (Å²) in [5, 5.41) is 20.5. The summed E-state index contributed by atoms with van der Waals surface area (Å²) in [5.41, 5.74) is 2.15. The summed E-state index contributed by atoms with van der Waals surface area (Å²) in [6.07, 6.45) is 21.7. The molecule has 0 aromatic carbocycles. The number of aromatic carboxylic acids is 1. The van der Waals surface area contributed by atoms with Crippen molar-refractivity contribution in [3.05, 3.63) is 41.9 Å². The van der Waals surface area contributed by atoms with Gasteiger partial charge in [-0.05, 0) is 63.4 Å². The Morgan fingerprint density at radius 3 is 2.31 bits per heavy atom.